The molecule has 1 saturated heterocycles. The molecule has 1 heterocycles. The van der Waals surface area contributed by atoms with Crippen molar-refractivity contribution in [3.63, 3.8) is 0 Å². The van der Waals surface area contributed by atoms with Crippen LogP contribution in [-0.2, 0) is 4.74 Å². The van der Waals surface area contributed by atoms with E-state index in [9.17, 15) is 5.21 Å². The highest BCUT2D eigenvalue weighted by atomic mass is 32.1. The first-order valence-corrected chi connectivity index (χ1v) is 6.64. The molecule has 0 aliphatic carbocycles. The molecule has 1 rings (SSSR count). The van der Waals surface area contributed by atoms with Gasteiger partial charge in [0.05, 0.1) is 0 Å². The molecule has 0 atom stereocenters. The van der Waals surface area contributed by atoms with E-state index in [2.05, 4.69) is 11.9 Å². The first kappa shape index (κ1) is 15.4. The molecule has 18 heavy (non-hydrogen) atoms. The summed E-state index contributed by atoms with van der Waals surface area (Å²) in [4.78, 5) is 0. The molecule has 2 N–H and O–H groups in total. The second kappa shape index (κ2) is 5.55. The Balaban J connectivity index is 2.63. The molecule has 0 spiro atoms. The Morgan fingerprint density at radius 1 is 1.44 bits per heavy atom. The zero-order chi connectivity index (χ0) is 14.0. The third-order valence-corrected chi connectivity index (χ3v) is 3.51. The fourth-order valence-electron chi connectivity index (χ4n) is 2.61. The standard InChI is InChI=1S/C13H24N2O2S/c1-6-7-14-11(18)17-10-8-12(2,3)15(16)13(4,5)9-10/h6,10,16H,1,7-9H2,2-5H3,(H,14,18). The molecule has 0 saturated carbocycles. The van der Waals surface area contributed by atoms with E-state index in [0.29, 0.717) is 11.7 Å². The van der Waals surface area contributed by atoms with Crippen molar-refractivity contribution in [2.45, 2.75) is 57.7 Å². The van der Waals surface area contributed by atoms with Crippen molar-refractivity contribution >= 4 is 17.4 Å². The number of piperidine rings is 1. The molecule has 0 aromatic heterocycles. The van der Waals surface area contributed by atoms with Crippen LogP contribution in [0.15, 0.2) is 12.7 Å². The van der Waals surface area contributed by atoms with Gasteiger partial charge in [0.25, 0.3) is 5.17 Å². The summed E-state index contributed by atoms with van der Waals surface area (Å²) in [5.74, 6) is 0. The number of hydrogen-bond donors (Lipinski definition) is 2. The van der Waals surface area contributed by atoms with Crippen molar-refractivity contribution in [2.75, 3.05) is 6.54 Å². The molecule has 1 aliphatic heterocycles. The number of hydrogen-bond acceptors (Lipinski definition) is 4. The molecular formula is C13H24N2O2S. The van der Waals surface area contributed by atoms with Crippen LogP contribution in [0, 0.1) is 0 Å². The molecule has 0 unspecified atom stereocenters. The average Bonchev–Trinajstić information content (AvgIpc) is 2.22. The van der Waals surface area contributed by atoms with Gasteiger partial charge in [0, 0.05) is 30.5 Å². The molecule has 0 aromatic rings. The predicted molar refractivity (Wildman–Crippen MR) is 76.7 cm³/mol. The molecule has 5 heteroatoms. The summed E-state index contributed by atoms with van der Waals surface area (Å²) in [5.41, 5.74) is -0.638. The lowest BCUT2D eigenvalue weighted by Crippen LogP contribution is -2.60. The Bertz CT molecular complexity index is 311. The van der Waals surface area contributed by atoms with Gasteiger partial charge in [0.15, 0.2) is 0 Å². The number of hydroxylamine groups is 2. The summed E-state index contributed by atoms with van der Waals surface area (Å²) in [6.45, 7) is 12.2. The topological polar surface area (TPSA) is 44.7 Å². The maximum Gasteiger partial charge on any atom is 0.257 e. The van der Waals surface area contributed by atoms with Gasteiger partial charge in [-0.1, -0.05) is 6.08 Å². The number of nitrogens with one attached hydrogen (secondary N) is 1. The Hall–Kier alpha value is -0.650. The van der Waals surface area contributed by atoms with Crippen LogP contribution >= 0.6 is 12.2 Å². The molecular weight excluding hydrogens is 248 g/mol. The van der Waals surface area contributed by atoms with Gasteiger partial charge < -0.3 is 15.3 Å². The smallest absolute Gasteiger partial charge is 0.257 e. The highest BCUT2D eigenvalue weighted by molar-refractivity contribution is 7.80. The van der Waals surface area contributed by atoms with Gasteiger partial charge in [0.2, 0.25) is 0 Å². The Kier molecular flexibility index (Phi) is 4.75. The van der Waals surface area contributed by atoms with E-state index in [4.69, 9.17) is 17.0 Å². The third-order valence-electron chi connectivity index (χ3n) is 3.27. The van der Waals surface area contributed by atoms with Crippen LogP contribution < -0.4 is 5.32 Å². The Morgan fingerprint density at radius 2 is 1.94 bits per heavy atom. The van der Waals surface area contributed by atoms with Crippen LogP contribution in [0.3, 0.4) is 0 Å². The van der Waals surface area contributed by atoms with Crippen molar-refractivity contribution in [3.8, 4) is 0 Å². The largest absolute Gasteiger partial charge is 0.468 e. The maximum absolute atomic E-state index is 10.2. The predicted octanol–water partition coefficient (Wildman–Crippen LogP) is 2.47. The minimum atomic E-state index is -0.319. The van der Waals surface area contributed by atoms with Gasteiger partial charge in [-0.3, -0.25) is 0 Å². The van der Waals surface area contributed by atoms with Crippen molar-refractivity contribution in [1.29, 1.82) is 0 Å². The van der Waals surface area contributed by atoms with Gasteiger partial charge in [-0.25, -0.2) is 0 Å². The fourth-order valence-corrected chi connectivity index (χ4v) is 2.83. The lowest BCUT2D eigenvalue weighted by Gasteiger charge is -2.51. The second-order valence-corrected chi connectivity index (χ2v) is 6.41. The van der Waals surface area contributed by atoms with Gasteiger partial charge in [-0.15, -0.1) is 6.58 Å². The minimum Gasteiger partial charge on any atom is -0.468 e. The summed E-state index contributed by atoms with van der Waals surface area (Å²) in [5, 5.41) is 15.0. The second-order valence-electron chi connectivity index (χ2n) is 6.04. The van der Waals surface area contributed by atoms with Crippen LogP contribution in [-0.4, -0.2) is 39.2 Å². The quantitative estimate of drug-likeness (QED) is 0.610. The fraction of sp³-hybridized carbons (Fsp3) is 0.769. The summed E-state index contributed by atoms with van der Waals surface area (Å²) in [6, 6.07) is 0. The van der Waals surface area contributed by atoms with Crippen LogP contribution in [0.1, 0.15) is 40.5 Å². The number of rotatable bonds is 3. The van der Waals surface area contributed by atoms with E-state index in [1.54, 1.807) is 6.08 Å². The maximum atomic E-state index is 10.2. The minimum absolute atomic E-state index is 0.0169. The molecule has 4 nitrogen and oxygen atoms in total. The lowest BCUT2D eigenvalue weighted by molar-refractivity contribution is -0.255. The molecule has 0 aromatic carbocycles. The molecule has 1 aliphatic rings. The third kappa shape index (κ3) is 3.67. The average molecular weight is 272 g/mol. The van der Waals surface area contributed by atoms with Crippen molar-refractivity contribution in [3.05, 3.63) is 12.7 Å². The SMILES string of the molecule is C=CCNC(=S)OC1CC(C)(C)N(O)C(C)(C)C1. The lowest BCUT2D eigenvalue weighted by atomic mass is 9.80. The van der Waals surface area contributed by atoms with Crippen LogP contribution in [0.4, 0.5) is 0 Å². The Labute approximate surface area is 115 Å². The molecule has 0 radical (unpaired) electrons. The van der Waals surface area contributed by atoms with E-state index in [1.165, 1.54) is 5.06 Å². The summed E-state index contributed by atoms with van der Waals surface area (Å²) >= 11 is 5.12. The van der Waals surface area contributed by atoms with Gasteiger partial charge in [-0.2, -0.15) is 5.06 Å². The molecule has 104 valence electrons. The summed E-state index contributed by atoms with van der Waals surface area (Å²) in [6.07, 6.45) is 3.23. The van der Waals surface area contributed by atoms with Crippen LogP contribution in [0.5, 0.6) is 0 Å². The van der Waals surface area contributed by atoms with Crippen molar-refractivity contribution in [1.82, 2.24) is 10.4 Å². The van der Waals surface area contributed by atoms with Crippen molar-refractivity contribution < 1.29 is 9.94 Å². The van der Waals surface area contributed by atoms with E-state index in [1.807, 2.05) is 27.7 Å². The number of ether oxygens (including phenoxy) is 1. The molecule has 0 amide bonds. The van der Waals surface area contributed by atoms with Gasteiger partial charge in [0.1, 0.15) is 6.10 Å². The Morgan fingerprint density at radius 3 is 2.39 bits per heavy atom. The van der Waals surface area contributed by atoms with Gasteiger partial charge >= 0.3 is 0 Å². The normalized spacial score (nSPS) is 23.4. The highest BCUT2D eigenvalue weighted by Gasteiger charge is 2.46. The number of thiocarbonyl (C=S) groups is 1. The summed E-state index contributed by atoms with van der Waals surface area (Å²) < 4.78 is 5.75. The highest BCUT2D eigenvalue weighted by Crippen LogP contribution is 2.37. The van der Waals surface area contributed by atoms with E-state index < -0.39 is 0 Å². The van der Waals surface area contributed by atoms with E-state index in [-0.39, 0.29) is 17.2 Å². The zero-order valence-corrected chi connectivity index (χ0v) is 12.5. The zero-order valence-electron chi connectivity index (χ0n) is 11.7. The first-order chi connectivity index (χ1) is 8.19. The monoisotopic (exact) mass is 272 g/mol. The summed E-state index contributed by atoms with van der Waals surface area (Å²) in [7, 11) is 0. The van der Waals surface area contributed by atoms with Crippen LogP contribution in [0.25, 0.3) is 0 Å². The van der Waals surface area contributed by atoms with Gasteiger partial charge in [-0.05, 0) is 39.9 Å². The van der Waals surface area contributed by atoms with Crippen molar-refractivity contribution in [2.24, 2.45) is 0 Å². The van der Waals surface area contributed by atoms with E-state index in [0.717, 1.165) is 12.8 Å². The van der Waals surface area contributed by atoms with E-state index >= 15 is 0 Å². The first-order valence-electron chi connectivity index (χ1n) is 6.23. The number of nitrogens with zero attached hydrogens (tertiary/aromatic N) is 1. The molecule has 0 bridgehead atoms. The molecule has 1 fully saturated rings. The van der Waals surface area contributed by atoms with Crippen LogP contribution in [0.2, 0.25) is 0 Å².